The van der Waals surface area contributed by atoms with E-state index in [9.17, 15) is 0 Å². The summed E-state index contributed by atoms with van der Waals surface area (Å²) in [6.07, 6.45) is 5.28. The number of aromatic amines is 1. The third-order valence-corrected chi connectivity index (χ3v) is 1.43. The molecule has 0 bridgehead atoms. The molecule has 0 atom stereocenters. The summed E-state index contributed by atoms with van der Waals surface area (Å²) in [5.41, 5.74) is 0. The Morgan fingerprint density at radius 3 is 2.82 bits per heavy atom. The summed E-state index contributed by atoms with van der Waals surface area (Å²) in [4.78, 5) is 6.63. The van der Waals surface area contributed by atoms with Gasteiger partial charge in [0.2, 0.25) is 5.88 Å². The van der Waals surface area contributed by atoms with Gasteiger partial charge in [0.25, 0.3) is 0 Å². The Hall–Kier alpha value is -1.22. The van der Waals surface area contributed by atoms with Gasteiger partial charge in [0, 0.05) is 35.4 Å². The number of aromatic hydroxyl groups is 1. The van der Waals surface area contributed by atoms with E-state index in [2.05, 4.69) is 9.97 Å². The van der Waals surface area contributed by atoms with Gasteiger partial charge in [0.1, 0.15) is 0 Å². The molecule has 0 spiro atoms. The Morgan fingerprint density at radius 1 is 1.27 bits per heavy atom. The first-order valence-corrected chi connectivity index (χ1v) is 2.98. The molecule has 0 saturated carbocycles. The van der Waals surface area contributed by atoms with E-state index in [1.54, 1.807) is 12.3 Å². The SMILES string of the molecule is Cl.Oc1cc2c[nH]cc2cn1. The van der Waals surface area contributed by atoms with Crippen molar-refractivity contribution in [3.8, 4) is 5.88 Å². The molecule has 11 heavy (non-hydrogen) atoms. The smallest absolute Gasteiger partial charge is 0.211 e. The normalized spacial score (nSPS) is 9.45. The Morgan fingerprint density at radius 2 is 2.00 bits per heavy atom. The number of hydrogen-bond donors (Lipinski definition) is 2. The summed E-state index contributed by atoms with van der Waals surface area (Å²) < 4.78 is 0. The van der Waals surface area contributed by atoms with Crippen LogP contribution >= 0.6 is 12.4 Å². The molecule has 0 aliphatic carbocycles. The van der Waals surface area contributed by atoms with Gasteiger partial charge in [-0.25, -0.2) is 4.98 Å². The van der Waals surface area contributed by atoms with Crippen molar-refractivity contribution < 1.29 is 5.11 Å². The molecule has 0 aliphatic heterocycles. The minimum Gasteiger partial charge on any atom is -0.493 e. The zero-order valence-electron chi connectivity index (χ0n) is 5.61. The van der Waals surface area contributed by atoms with Gasteiger partial charge in [-0.1, -0.05) is 0 Å². The highest BCUT2D eigenvalue weighted by atomic mass is 35.5. The van der Waals surface area contributed by atoms with Crippen molar-refractivity contribution in [3.63, 3.8) is 0 Å². The fourth-order valence-corrected chi connectivity index (χ4v) is 0.937. The van der Waals surface area contributed by atoms with E-state index in [0.29, 0.717) is 0 Å². The summed E-state index contributed by atoms with van der Waals surface area (Å²) in [5.74, 6) is 0.0621. The first-order valence-electron chi connectivity index (χ1n) is 2.98. The van der Waals surface area contributed by atoms with Gasteiger partial charge >= 0.3 is 0 Å². The van der Waals surface area contributed by atoms with Gasteiger partial charge in [0.15, 0.2) is 0 Å². The van der Waals surface area contributed by atoms with Crippen molar-refractivity contribution >= 4 is 23.2 Å². The van der Waals surface area contributed by atoms with E-state index >= 15 is 0 Å². The molecule has 0 amide bonds. The van der Waals surface area contributed by atoms with E-state index in [-0.39, 0.29) is 18.3 Å². The van der Waals surface area contributed by atoms with Crippen LogP contribution in [0, 0.1) is 0 Å². The van der Waals surface area contributed by atoms with Crippen LogP contribution in [-0.2, 0) is 0 Å². The van der Waals surface area contributed by atoms with E-state index in [1.165, 1.54) is 0 Å². The maximum Gasteiger partial charge on any atom is 0.211 e. The molecule has 2 N–H and O–H groups in total. The van der Waals surface area contributed by atoms with Crippen LogP contribution in [0.1, 0.15) is 0 Å². The van der Waals surface area contributed by atoms with E-state index < -0.39 is 0 Å². The number of fused-ring (bicyclic) bond motifs is 1. The zero-order valence-corrected chi connectivity index (χ0v) is 6.43. The van der Waals surface area contributed by atoms with Crippen molar-refractivity contribution in [2.75, 3.05) is 0 Å². The van der Waals surface area contributed by atoms with Crippen LogP contribution in [-0.4, -0.2) is 15.1 Å². The van der Waals surface area contributed by atoms with Crippen LogP contribution in [0.5, 0.6) is 5.88 Å². The third kappa shape index (κ3) is 1.28. The topological polar surface area (TPSA) is 48.9 Å². The average molecular weight is 171 g/mol. The minimum atomic E-state index is 0. The van der Waals surface area contributed by atoms with Gasteiger partial charge in [-0.3, -0.25) is 0 Å². The molecule has 0 radical (unpaired) electrons. The molecule has 58 valence electrons. The zero-order chi connectivity index (χ0) is 6.97. The molecule has 0 unspecified atom stereocenters. The van der Waals surface area contributed by atoms with Crippen molar-refractivity contribution in [1.29, 1.82) is 0 Å². The number of hydrogen-bond acceptors (Lipinski definition) is 2. The Kier molecular flexibility index (Phi) is 2.01. The molecule has 0 aromatic carbocycles. The van der Waals surface area contributed by atoms with Gasteiger partial charge < -0.3 is 10.1 Å². The molecule has 3 nitrogen and oxygen atoms in total. The highest BCUT2D eigenvalue weighted by Gasteiger charge is 1.94. The highest BCUT2D eigenvalue weighted by Crippen LogP contribution is 2.15. The molecular formula is C7H7ClN2O. The number of aromatic nitrogens is 2. The number of halogens is 1. The first-order chi connectivity index (χ1) is 4.86. The van der Waals surface area contributed by atoms with Crippen LogP contribution < -0.4 is 0 Å². The maximum absolute atomic E-state index is 8.92. The lowest BCUT2D eigenvalue weighted by Crippen LogP contribution is -1.70. The second kappa shape index (κ2) is 2.80. The maximum atomic E-state index is 8.92. The molecule has 4 heteroatoms. The molecule has 2 aromatic rings. The number of pyridine rings is 1. The summed E-state index contributed by atoms with van der Waals surface area (Å²) in [7, 11) is 0. The molecular weight excluding hydrogens is 164 g/mol. The van der Waals surface area contributed by atoms with Crippen LogP contribution in [0.15, 0.2) is 24.7 Å². The quantitative estimate of drug-likeness (QED) is 0.632. The molecule has 2 rings (SSSR count). The van der Waals surface area contributed by atoms with Gasteiger partial charge in [-0.15, -0.1) is 12.4 Å². The predicted octanol–water partition coefficient (Wildman–Crippen LogP) is 1.69. The Labute approximate surface area is 69.5 Å². The van der Waals surface area contributed by atoms with Crippen molar-refractivity contribution in [3.05, 3.63) is 24.7 Å². The summed E-state index contributed by atoms with van der Waals surface area (Å²) >= 11 is 0. The van der Waals surface area contributed by atoms with Crippen molar-refractivity contribution in [1.82, 2.24) is 9.97 Å². The summed E-state index contributed by atoms with van der Waals surface area (Å²) in [6, 6.07) is 1.62. The van der Waals surface area contributed by atoms with Gasteiger partial charge in [-0.2, -0.15) is 0 Å². The second-order valence-corrected chi connectivity index (χ2v) is 2.13. The van der Waals surface area contributed by atoms with E-state index in [1.807, 2.05) is 12.4 Å². The highest BCUT2D eigenvalue weighted by molar-refractivity contribution is 5.85. The molecule has 0 aliphatic rings. The van der Waals surface area contributed by atoms with Crippen LogP contribution in [0.3, 0.4) is 0 Å². The monoisotopic (exact) mass is 170 g/mol. The number of nitrogens with zero attached hydrogens (tertiary/aromatic N) is 1. The lowest BCUT2D eigenvalue weighted by molar-refractivity contribution is 0.454. The van der Waals surface area contributed by atoms with Gasteiger partial charge in [0.05, 0.1) is 0 Å². The lowest BCUT2D eigenvalue weighted by Gasteiger charge is -1.88. The number of H-pyrrole nitrogens is 1. The van der Waals surface area contributed by atoms with Crippen LogP contribution in [0.25, 0.3) is 10.8 Å². The summed E-state index contributed by atoms with van der Waals surface area (Å²) in [6.45, 7) is 0. The largest absolute Gasteiger partial charge is 0.493 e. The summed E-state index contributed by atoms with van der Waals surface area (Å²) in [5, 5.41) is 10.9. The van der Waals surface area contributed by atoms with Gasteiger partial charge in [-0.05, 0) is 0 Å². The molecule has 2 heterocycles. The van der Waals surface area contributed by atoms with Crippen LogP contribution in [0.4, 0.5) is 0 Å². The minimum absolute atomic E-state index is 0. The molecule has 2 aromatic heterocycles. The number of nitrogens with one attached hydrogen (secondary N) is 1. The standard InChI is InChI=1S/C7H6N2O.ClH/c10-7-1-5-2-8-3-6(5)4-9-7;/h1-4,8,10H;1H. The fourth-order valence-electron chi connectivity index (χ4n) is 0.937. The first kappa shape index (κ1) is 7.88. The van der Waals surface area contributed by atoms with E-state index in [0.717, 1.165) is 10.8 Å². The average Bonchev–Trinajstić information content (AvgIpc) is 2.33. The lowest BCUT2D eigenvalue weighted by atomic mass is 10.3. The second-order valence-electron chi connectivity index (χ2n) is 2.13. The third-order valence-electron chi connectivity index (χ3n) is 1.43. The molecule has 0 fully saturated rings. The Balaban J connectivity index is 0.000000605. The van der Waals surface area contributed by atoms with E-state index in [4.69, 9.17) is 5.11 Å². The predicted molar refractivity (Wildman–Crippen MR) is 45.0 cm³/mol. The number of rotatable bonds is 0. The molecule has 0 saturated heterocycles. The van der Waals surface area contributed by atoms with Crippen molar-refractivity contribution in [2.45, 2.75) is 0 Å². The van der Waals surface area contributed by atoms with Crippen LogP contribution in [0.2, 0.25) is 0 Å². The van der Waals surface area contributed by atoms with Crippen molar-refractivity contribution in [2.24, 2.45) is 0 Å². The Bertz CT molecular complexity index is 358. The fraction of sp³-hybridized carbons (Fsp3) is 0.